The maximum atomic E-state index is 9.46. The summed E-state index contributed by atoms with van der Waals surface area (Å²) in [6.45, 7) is 11.3. The predicted molar refractivity (Wildman–Crippen MR) is 55.7 cm³/mol. The first-order chi connectivity index (χ1) is 6.39. The van der Waals surface area contributed by atoms with Crippen LogP contribution in [0.15, 0.2) is 0 Å². The van der Waals surface area contributed by atoms with Crippen LogP contribution < -0.4 is 0 Å². The van der Waals surface area contributed by atoms with Gasteiger partial charge in [-0.05, 0) is 34.6 Å². The van der Waals surface area contributed by atoms with Crippen LogP contribution in [-0.2, 0) is 9.57 Å². The maximum Gasteiger partial charge on any atom is 0.127 e. The maximum absolute atomic E-state index is 9.46. The van der Waals surface area contributed by atoms with E-state index in [4.69, 9.17) is 9.57 Å². The summed E-state index contributed by atoms with van der Waals surface area (Å²) in [5.41, 5.74) is -0.208. The monoisotopic (exact) mass is 205 g/mol. The number of aliphatic hydroxyl groups is 1. The Hall–Kier alpha value is -0.160. The van der Waals surface area contributed by atoms with Crippen molar-refractivity contribution in [3.8, 4) is 0 Å². The molecule has 0 bridgehead atoms. The highest BCUT2D eigenvalue weighted by Crippen LogP contribution is 2.15. The van der Waals surface area contributed by atoms with Crippen molar-refractivity contribution in [3.05, 3.63) is 0 Å². The van der Waals surface area contributed by atoms with Gasteiger partial charge in [0.15, 0.2) is 0 Å². The molecule has 0 aromatic rings. The van der Waals surface area contributed by atoms with Gasteiger partial charge in [0, 0.05) is 12.1 Å². The molecule has 4 nitrogen and oxygen atoms in total. The van der Waals surface area contributed by atoms with E-state index in [2.05, 4.69) is 0 Å². The predicted octanol–water partition coefficient (Wildman–Crippen LogP) is 1.39. The third-order valence-corrected chi connectivity index (χ3v) is 1.66. The second kappa shape index (κ2) is 6.35. The fraction of sp³-hybridized carbons (Fsp3) is 1.00. The van der Waals surface area contributed by atoms with Crippen molar-refractivity contribution >= 4 is 0 Å². The number of hydroxylamine groups is 2. The van der Waals surface area contributed by atoms with Gasteiger partial charge in [-0.25, -0.2) is 0 Å². The molecular weight excluding hydrogens is 182 g/mol. The molecule has 0 aliphatic rings. The van der Waals surface area contributed by atoms with Crippen molar-refractivity contribution in [2.45, 2.75) is 46.4 Å². The third kappa shape index (κ3) is 5.54. The molecule has 86 valence electrons. The molecule has 0 radical (unpaired) electrons. The minimum absolute atomic E-state index is 0.208. The first-order valence-corrected chi connectivity index (χ1v) is 5.07. The molecule has 0 saturated heterocycles. The van der Waals surface area contributed by atoms with Crippen molar-refractivity contribution < 1.29 is 14.7 Å². The number of nitrogens with zero attached hydrogens (tertiary/aromatic N) is 1. The number of aliphatic hydroxyl groups excluding tert-OH is 1. The van der Waals surface area contributed by atoms with Crippen LogP contribution in [0.5, 0.6) is 0 Å². The normalized spacial score (nSPS) is 14.8. The summed E-state index contributed by atoms with van der Waals surface area (Å²) >= 11 is 0. The van der Waals surface area contributed by atoms with Gasteiger partial charge in [-0.15, -0.1) is 0 Å². The molecule has 0 fully saturated rings. The Labute approximate surface area is 86.8 Å². The number of rotatable bonds is 6. The average molecular weight is 205 g/mol. The highest BCUT2D eigenvalue weighted by atomic mass is 16.7. The van der Waals surface area contributed by atoms with E-state index in [1.54, 1.807) is 12.0 Å². The number of hydrogen-bond acceptors (Lipinski definition) is 4. The Morgan fingerprint density at radius 1 is 1.29 bits per heavy atom. The topological polar surface area (TPSA) is 41.9 Å². The van der Waals surface area contributed by atoms with Crippen LogP contribution >= 0.6 is 0 Å². The summed E-state index contributed by atoms with van der Waals surface area (Å²) in [6, 6.07) is 0. The lowest BCUT2D eigenvalue weighted by Gasteiger charge is -2.36. The third-order valence-electron chi connectivity index (χ3n) is 1.66. The van der Waals surface area contributed by atoms with Crippen molar-refractivity contribution in [1.82, 2.24) is 5.06 Å². The fourth-order valence-corrected chi connectivity index (χ4v) is 1.20. The Morgan fingerprint density at radius 3 is 2.21 bits per heavy atom. The molecule has 1 N–H and O–H groups in total. The summed E-state index contributed by atoms with van der Waals surface area (Å²) in [7, 11) is 0. The molecule has 14 heavy (non-hydrogen) atoms. The molecule has 0 aromatic carbocycles. The van der Waals surface area contributed by atoms with Gasteiger partial charge in [0.2, 0.25) is 0 Å². The lowest BCUT2D eigenvalue weighted by molar-refractivity contribution is -0.279. The second-order valence-corrected chi connectivity index (χ2v) is 4.16. The Balaban J connectivity index is 3.87. The van der Waals surface area contributed by atoms with E-state index in [-0.39, 0.29) is 5.54 Å². The molecule has 0 aliphatic carbocycles. The van der Waals surface area contributed by atoms with Gasteiger partial charge in [-0.3, -0.25) is 4.84 Å². The van der Waals surface area contributed by atoms with Crippen LogP contribution in [0.2, 0.25) is 0 Å². The minimum Gasteiger partial charge on any atom is -0.379 e. The smallest absolute Gasteiger partial charge is 0.127 e. The summed E-state index contributed by atoms with van der Waals surface area (Å²) in [5, 5.41) is 11.0. The molecule has 1 atom stereocenters. The quantitative estimate of drug-likeness (QED) is 0.404. The summed E-state index contributed by atoms with van der Waals surface area (Å²) in [4.78, 5) is 5.43. The average Bonchev–Trinajstić information content (AvgIpc) is 2.01. The molecule has 0 amide bonds. The van der Waals surface area contributed by atoms with Crippen molar-refractivity contribution in [1.29, 1.82) is 0 Å². The SMILES string of the molecule is CCOCCON(C(C)O)C(C)(C)C. The zero-order valence-corrected chi connectivity index (χ0v) is 9.91. The molecular formula is C10H23NO3. The van der Waals surface area contributed by atoms with E-state index in [9.17, 15) is 5.11 Å². The zero-order valence-electron chi connectivity index (χ0n) is 9.91. The highest BCUT2D eigenvalue weighted by molar-refractivity contribution is 4.70. The molecule has 0 aromatic heterocycles. The summed E-state index contributed by atoms with van der Waals surface area (Å²) in [5.74, 6) is 0. The zero-order chi connectivity index (χ0) is 11.2. The van der Waals surface area contributed by atoms with E-state index < -0.39 is 6.23 Å². The van der Waals surface area contributed by atoms with Crippen LogP contribution in [0.3, 0.4) is 0 Å². The Morgan fingerprint density at radius 2 is 1.86 bits per heavy atom. The number of hydrogen-bond donors (Lipinski definition) is 1. The number of ether oxygens (including phenoxy) is 1. The van der Waals surface area contributed by atoms with Crippen molar-refractivity contribution in [2.24, 2.45) is 0 Å². The Kier molecular flexibility index (Phi) is 6.27. The van der Waals surface area contributed by atoms with E-state index in [0.29, 0.717) is 19.8 Å². The summed E-state index contributed by atoms with van der Waals surface area (Å²) < 4.78 is 5.14. The molecule has 1 unspecified atom stereocenters. The highest BCUT2D eigenvalue weighted by Gasteiger charge is 2.25. The largest absolute Gasteiger partial charge is 0.379 e. The molecule has 0 spiro atoms. The van der Waals surface area contributed by atoms with Crippen molar-refractivity contribution in [2.75, 3.05) is 19.8 Å². The first-order valence-electron chi connectivity index (χ1n) is 5.07. The fourth-order valence-electron chi connectivity index (χ4n) is 1.20. The molecule has 0 aliphatic heterocycles. The second-order valence-electron chi connectivity index (χ2n) is 4.16. The van der Waals surface area contributed by atoms with Crippen LogP contribution in [-0.4, -0.2) is 41.8 Å². The lowest BCUT2D eigenvalue weighted by atomic mass is 10.1. The van der Waals surface area contributed by atoms with Gasteiger partial charge >= 0.3 is 0 Å². The molecule has 0 heterocycles. The van der Waals surface area contributed by atoms with Gasteiger partial charge in [0.1, 0.15) is 6.23 Å². The van der Waals surface area contributed by atoms with Crippen LogP contribution in [0, 0.1) is 0 Å². The van der Waals surface area contributed by atoms with Gasteiger partial charge < -0.3 is 9.84 Å². The van der Waals surface area contributed by atoms with Gasteiger partial charge in [0.25, 0.3) is 0 Å². The van der Waals surface area contributed by atoms with E-state index in [0.717, 1.165) is 0 Å². The molecule has 4 heteroatoms. The van der Waals surface area contributed by atoms with E-state index in [1.165, 1.54) is 0 Å². The van der Waals surface area contributed by atoms with Crippen LogP contribution in [0.1, 0.15) is 34.6 Å². The molecule has 0 saturated carbocycles. The van der Waals surface area contributed by atoms with Crippen LogP contribution in [0.4, 0.5) is 0 Å². The standard InChI is InChI=1S/C10H23NO3/c1-6-13-7-8-14-11(9(2)12)10(3,4)5/h9,12H,6-8H2,1-5H3. The lowest BCUT2D eigenvalue weighted by Crippen LogP contribution is -2.47. The Bertz CT molecular complexity index is 143. The summed E-state index contributed by atoms with van der Waals surface area (Å²) in [6.07, 6.45) is -0.614. The van der Waals surface area contributed by atoms with Gasteiger partial charge in [0.05, 0.1) is 13.2 Å². The van der Waals surface area contributed by atoms with Gasteiger partial charge in [-0.1, -0.05) is 0 Å². The minimum atomic E-state index is -0.614. The molecule has 0 rings (SSSR count). The van der Waals surface area contributed by atoms with E-state index in [1.807, 2.05) is 27.7 Å². The van der Waals surface area contributed by atoms with E-state index >= 15 is 0 Å². The van der Waals surface area contributed by atoms with Crippen LogP contribution in [0.25, 0.3) is 0 Å². The van der Waals surface area contributed by atoms with Crippen molar-refractivity contribution in [3.63, 3.8) is 0 Å². The first kappa shape index (κ1) is 13.8. The van der Waals surface area contributed by atoms with Gasteiger partial charge in [-0.2, -0.15) is 5.06 Å².